The number of nitrogens with zero attached hydrogens (tertiary/aromatic N) is 1. The minimum absolute atomic E-state index is 0. The average molecular weight is 264 g/mol. The van der Waals surface area contributed by atoms with Crippen molar-refractivity contribution in [2.45, 2.75) is 39.0 Å². The molecule has 1 rings (SSSR count). The van der Waals surface area contributed by atoms with Gasteiger partial charge in [0.1, 0.15) is 0 Å². The Bertz CT molecular complexity index is 231. The highest BCUT2D eigenvalue weighted by molar-refractivity contribution is 5.85. The standard InChI is InChI=1S/C10H16O2.C3H9N.ClH/c1-8(10(11)12)7-9-5-3-2-4-6-9;1-4(2)3;/h7,9H,2-6H2,1H3,(H,11,12);1-3H3;1H. The Morgan fingerprint density at radius 1 is 1.18 bits per heavy atom. The van der Waals surface area contributed by atoms with Crippen molar-refractivity contribution in [2.75, 3.05) is 21.1 Å². The van der Waals surface area contributed by atoms with Crippen LogP contribution in [0.1, 0.15) is 39.0 Å². The van der Waals surface area contributed by atoms with Crippen LogP contribution in [0.5, 0.6) is 0 Å². The number of hydrogen-bond donors (Lipinski definition) is 1. The van der Waals surface area contributed by atoms with E-state index in [0.29, 0.717) is 11.5 Å². The first-order valence-corrected chi connectivity index (χ1v) is 5.96. The van der Waals surface area contributed by atoms with E-state index < -0.39 is 5.97 Å². The molecule has 4 heteroatoms. The van der Waals surface area contributed by atoms with Crippen LogP contribution in [0.2, 0.25) is 0 Å². The molecule has 1 aliphatic carbocycles. The minimum Gasteiger partial charge on any atom is -0.478 e. The average Bonchev–Trinajstić information content (AvgIpc) is 2.18. The predicted octanol–water partition coefficient (Wildman–Crippen LogP) is 3.20. The maximum absolute atomic E-state index is 10.5. The molecule has 0 unspecified atom stereocenters. The van der Waals surface area contributed by atoms with E-state index in [1.54, 1.807) is 6.92 Å². The molecule has 0 spiro atoms. The number of carboxylic acids is 1. The summed E-state index contributed by atoms with van der Waals surface area (Å²) in [6.45, 7) is 1.68. The molecular formula is C13H26ClNO2. The van der Waals surface area contributed by atoms with E-state index in [0.717, 1.165) is 0 Å². The van der Waals surface area contributed by atoms with Gasteiger partial charge in [-0.05, 0) is 46.8 Å². The Labute approximate surface area is 111 Å². The zero-order valence-corrected chi connectivity index (χ0v) is 12.2. The third-order valence-corrected chi connectivity index (χ3v) is 2.47. The molecule has 0 radical (unpaired) electrons. The van der Waals surface area contributed by atoms with Gasteiger partial charge >= 0.3 is 5.97 Å². The molecule has 0 aliphatic heterocycles. The highest BCUT2D eigenvalue weighted by atomic mass is 35.5. The fraction of sp³-hybridized carbons (Fsp3) is 0.769. The fourth-order valence-electron chi connectivity index (χ4n) is 1.73. The molecule has 0 bridgehead atoms. The maximum atomic E-state index is 10.5. The molecule has 0 aromatic heterocycles. The number of carboxylic acid groups (broad SMARTS) is 1. The summed E-state index contributed by atoms with van der Waals surface area (Å²) in [5.74, 6) is -0.254. The number of rotatable bonds is 2. The van der Waals surface area contributed by atoms with Gasteiger partial charge < -0.3 is 10.0 Å². The number of halogens is 1. The summed E-state index contributed by atoms with van der Waals surface area (Å²) in [6, 6.07) is 0. The van der Waals surface area contributed by atoms with Crippen molar-refractivity contribution in [3.63, 3.8) is 0 Å². The van der Waals surface area contributed by atoms with Crippen LogP contribution < -0.4 is 0 Å². The Hall–Kier alpha value is -0.540. The second-order valence-corrected chi connectivity index (χ2v) is 4.89. The van der Waals surface area contributed by atoms with Crippen LogP contribution >= 0.6 is 12.4 Å². The highest BCUT2D eigenvalue weighted by Gasteiger charge is 2.12. The molecule has 0 saturated heterocycles. The summed E-state index contributed by atoms with van der Waals surface area (Å²) in [7, 11) is 6.00. The van der Waals surface area contributed by atoms with Gasteiger partial charge in [0, 0.05) is 5.57 Å². The van der Waals surface area contributed by atoms with Gasteiger partial charge in [0.15, 0.2) is 0 Å². The van der Waals surface area contributed by atoms with Gasteiger partial charge in [-0.2, -0.15) is 0 Å². The highest BCUT2D eigenvalue weighted by Crippen LogP contribution is 2.25. The minimum atomic E-state index is -0.777. The van der Waals surface area contributed by atoms with E-state index in [4.69, 9.17) is 5.11 Å². The molecule has 1 N–H and O–H groups in total. The first-order valence-electron chi connectivity index (χ1n) is 5.96. The van der Waals surface area contributed by atoms with Crippen LogP contribution in [-0.4, -0.2) is 37.1 Å². The largest absolute Gasteiger partial charge is 0.478 e. The van der Waals surface area contributed by atoms with Gasteiger partial charge in [-0.25, -0.2) is 4.79 Å². The predicted molar refractivity (Wildman–Crippen MR) is 74.8 cm³/mol. The SMILES string of the molecule is CC(=CC1CCCCC1)C(=O)O.CN(C)C.Cl. The van der Waals surface area contributed by atoms with Gasteiger partial charge in [-0.1, -0.05) is 25.3 Å². The third-order valence-electron chi connectivity index (χ3n) is 2.47. The van der Waals surface area contributed by atoms with Gasteiger partial charge in [-0.3, -0.25) is 0 Å². The van der Waals surface area contributed by atoms with Crippen LogP contribution in [-0.2, 0) is 4.79 Å². The quantitative estimate of drug-likeness (QED) is 0.778. The first-order chi connectivity index (χ1) is 7.43. The number of allylic oxidation sites excluding steroid dienone is 1. The number of hydrogen-bond acceptors (Lipinski definition) is 2. The first kappa shape index (κ1) is 18.8. The summed E-state index contributed by atoms with van der Waals surface area (Å²) in [5, 5.41) is 8.64. The van der Waals surface area contributed by atoms with E-state index in [1.165, 1.54) is 32.1 Å². The maximum Gasteiger partial charge on any atom is 0.330 e. The smallest absolute Gasteiger partial charge is 0.330 e. The van der Waals surface area contributed by atoms with Gasteiger partial charge in [0.05, 0.1) is 0 Å². The third kappa shape index (κ3) is 11.7. The molecule has 1 fully saturated rings. The zero-order valence-electron chi connectivity index (χ0n) is 11.4. The van der Waals surface area contributed by atoms with Crippen LogP contribution in [0.15, 0.2) is 11.6 Å². The molecule has 17 heavy (non-hydrogen) atoms. The summed E-state index contributed by atoms with van der Waals surface area (Å²) in [4.78, 5) is 12.5. The van der Waals surface area contributed by atoms with E-state index in [2.05, 4.69) is 0 Å². The summed E-state index contributed by atoms with van der Waals surface area (Å²) in [6.07, 6.45) is 8.09. The Kier molecular flexibility index (Phi) is 11.7. The van der Waals surface area contributed by atoms with Crippen LogP contribution in [0, 0.1) is 5.92 Å². The Morgan fingerprint density at radius 2 is 1.59 bits per heavy atom. The van der Waals surface area contributed by atoms with Crippen molar-refractivity contribution >= 4 is 18.4 Å². The molecule has 1 aliphatic rings. The lowest BCUT2D eigenvalue weighted by molar-refractivity contribution is -0.132. The zero-order chi connectivity index (χ0) is 12.6. The molecule has 0 aromatic carbocycles. The van der Waals surface area contributed by atoms with Crippen molar-refractivity contribution in [3.05, 3.63) is 11.6 Å². The van der Waals surface area contributed by atoms with Crippen molar-refractivity contribution in [2.24, 2.45) is 5.92 Å². The van der Waals surface area contributed by atoms with Crippen molar-refractivity contribution in [1.29, 1.82) is 0 Å². The Balaban J connectivity index is 0. The Morgan fingerprint density at radius 3 is 1.94 bits per heavy atom. The van der Waals surface area contributed by atoms with Gasteiger partial charge in [-0.15, -0.1) is 12.4 Å². The van der Waals surface area contributed by atoms with Crippen molar-refractivity contribution in [1.82, 2.24) is 4.90 Å². The normalized spacial score (nSPS) is 16.9. The summed E-state index contributed by atoms with van der Waals surface area (Å²) in [5.41, 5.74) is 0.502. The lowest BCUT2D eigenvalue weighted by Crippen LogP contribution is -2.06. The van der Waals surface area contributed by atoms with Crippen LogP contribution in [0.4, 0.5) is 0 Å². The molecule has 0 heterocycles. The van der Waals surface area contributed by atoms with E-state index in [-0.39, 0.29) is 12.4 Å². The number of carbonyl (C=O) groups is 1. The molecule has 0 atom stereocenters. The summed E-state index contributed by atoms with van der Waals surface area (Å²) < 4.78 is 0. The molecule has 0 amide bonds. The van der Waals surface area contributed by atoms with Crippen molar-refractivity contribution < 1.29 is 9.90 Å². The van der Waals surface area contributed by atoms with E-state index in [9.17, 15) is 4.79 Å². The van der Waals surface area contributed by atoms with Gasteiger partial charge in [0.25, 0.3) is 0 Å². The van der Waals surface area contributed by atoms with E-state index in [1.807, 2.05) is 32.1 Å². The molecule has 0 aromatic rings. The lowest BCUT2D eigenvalue weighted by atomic mass is 9.88. The monoisotopic (exact) mass is 263 g/mol. The molecular weight excluding hydrogens is 238 g/mol. The summed E-state index contributed by atoms with van der Waals surface area (Å²) >= 11 is 0. The lowest BCUT2D eigenvalue weighted by Gasteiger charge is -2.18. The molecule has 1 saturated carbocycles. The van der Waals surface area contributed by atoms with Gasteiger partial charge in [0.2, 0.25) is 0 Å². The topological polar surface area (TPSA) is 40.5 Å². The molecule has 102 valence electrons. The van der Waals surface area contributed by atoms with Crippen LogP contribution in [0.25, 0.3) is 0 Å². The molecule has 3 nitrogen and oxygen atoms in total. The van der Waals surface area contributed by atoms with Crippen molar-refractivity contribution in [3.8, 4) is 0 Å². The fourth-order valence-corrected chi connectivity index (χ4v) is 1.73. The second-order valence-electron chi connectivity index (χ2n) is 4.89. The van der Waals surface area contributed by atoms with Crippen LogP contribution in [0.3, 0.4) is 0 Å². The second kappa shape index (κ2) is 10.6. The number of aliphatic carboxylic acids is 1. The van der Waals surface area contributed by atoms with E-state index >= 15 is 0 Å².